The molecule has 0 atom stereocenters. The maximum atomic E-state index is 12.2. The van der Waals surface area contributed by atoms with Crippen LogP contribution in [-0.4, -0.2) is 58.1 Å². The fraction of sp³-hybridized carbons (Fsp3) is 0.636. The third-order valence-corrected chi connectivity index (χ3v) is 3.65. The van der Waals surface area contributed by atoms with Crippen LogP contribution in [0.2, 0.25) is 0 Å². The van der Waals surface area contributed by atoms with Crippen molar-refractivity contribution in [3.63, 3.8) is 0 Å². The first-order valence-corrected chi connectivity index (χ1v) is 5.87. The average molecular weight is 220 g/mol. The number of carbonyl (C=O) groups excluding carboxylic acids is 1. The van der Waals surface area contributed by atoms with E-state index in [2.05, 4.69) is 15.1 Å². The molecule has 1 amide bonds. The van der Waals surface area contributed by atoms with Crippen LogP contribution in [0.3, 0.4) is 0 Å². The van der Waals surface area contributed by atoms with Gasteiger partial charge in [-0.25, -0.2) is 0 Å². The van der Waals surface area contributed by atoms with Gasteiger partial charge in [-0.3, -0.25) is 9.89 Å². The van der Waals surface area contributed by atoms with Crippen LogP contribution in [0.1, 0.15) is 23.3 Å². The van der Waals surface area contributed by atoms with Gasteiger partial charge in [0, 0.05) is 38.4 Å². The number of aromatic nitrogens is 2. The number of rotatable bonds is 1. The molecule has 1 aromatic rings. The SMILES string of the molecule is O=C(c1ccn[nH]1)N1CCN2CCC1CC2. The van der Waals surface area contributed by atoms with Crippen molar-refractivity contribution in [2.75, 3.05) is 26.2 Å². The molecular weight excluding hydrogens is 204 g/mol. The molecule has 0 spiro atoms. The van der Waals surface area contributed by atoms with Crippen molar-refractivity contribution in [3.05, 3.63) is 18.0 Å². The second-order valence-electron chi connectivity index (χ2n) is 4.54. The van der Waals surface area contributed by atoms with Crippen LogP contribution in [0.15, 0.2) is 12.3 Å². The monoisotopic (exact) mass is 220 g/mol. The molecule has 1 N–H and O–H groups in total. The minimum atomic E-state index is 0.103. The summed E-state index contributed by atoms with van der Waals surface area (Å²) < 4.78 is 0. The topological polar surface area (TPSA) is 52.2 Å². The highest BCUT2D eigenvalue weighted by molar-refractivity contribution is 5.92. The Morgan fingerprint density at radius 1 is 1.31 bits per heavy atom. The number of carbonyl (C=O) groups is 1. The number of H-pyrrole nitrogens is 1. The van der Waals surface area contributed by atoms with Gasteiger partial charge >= 0.3 is 0 Å². The summed E-state index contributed by atoms with van der Waals surface area (Å²) in [5.74, 6) is 0.103. The van der Waals surface area contributed by atoms with Gasteiger partial charge in [0.1, 0.15) is 5.69 Å². The molecule has 86 valence electrons. The number of fused-ring (bicyclic) bond motifs is 4. The third kappa shape index (κ3) is 1.61. The van der Waals surface area contributed by atoms with Gasteiger partial charge in [-0.15, -0.1) is 0 Å². The fourth-order valence-corrected chi connectivity index (χ4v) is 2.68. The maximum Gasteiger partial charge on any atom is 0.272 e. The molecule has 16 heavy (non-hydrogen) atoms. The summed E-state index contributed by atoms with van der Waals surface area (Å²) in [6.45, 7) is 4.13. The second kappa shape index (κ2) is 3.90. The summed E-state index contributed by atoms with van der Waals surface area (Å²) in [5.41, 5.74) is 0.611. The van der Waals surface area contributed by atoms with Crippen molar-refractivity contribution >= 4 is 5.91 Å². The van der Waals surface area contributed by atoms with Crippen LogP contribution < -0.4 is 0 Å². The normalized spacial score (nSPS) is 29.1. The van der Waals surface area contributed by atoms with Gasteiger partial charge in [-0.2, -0.15) is 5.10 Å². The van der Waals surface area contributed by atoms with Gasteiger partial charge < -0.3 is 9.80 Å². The zero-order valence-electron chi connectivity index (χ0n) is 9.22. The largest absolute Gasteiger partial charge is 0.333 e. The van der Waals surface area contributed by atoms with E-state index in [1.165, 1.54) is 0 Å². The van der Waals surface area contributed by atoms with Crippen molar-refractivity contribution in [2.45, 2.75) is 18.9 Å². The Labute approximate surface area is 94.4 Å². The van der Waals surface area contributed by atoms with E-state index < -0.39 is 0 Å². The summed E-state index contributed by atoms with van der Waals surface area (Å²) in [4.78, 5) is 16.7. The summed E-state index contributed by atoms with van der Waals surface area (Å²) in [7, 11) is 0. The van der Waals surface area contributed by atoms with Crippen LogP contribution in [0.5, 0.6) is 0 Å². The van der Waals surface area contributed by atoms with Gasteiger partial charge in [0.05, 0.1) is 0 Å². The smallest absolute Gasteiger partial charge is 0.272 e. The van der Waals surface area contributed by atoms with E-state index in [9.17, 15) is 4.79 Å². The van der Waals surface area contributed by atoms with Crippen molar-refractivity contribution < 1.29 is 4.79 Å². The molecule has 3 saturated heterocycles. The molecule has 3 aliphatic heterocycles. The van der Waals surface area contributed by atoms with Gasteiger partial charge in [0.2, 0.25) is 0 Å². The van der Waals surface area contributed by atoms with E-state index in [1.54, 1.807) is 12.3 Å². The summed E-state index contributed by atoms with van der Waals surface area (Å²) in [6.07, 6.45) is 3.85. The number of aromatic amines is 1. The van der Waals surface area contributed by atoms with E-state index in [0.29, 0.717) is 11.7 Å². The van der Waals surface area contributed by atoms with E-state index in [-0.39, 0.29) is 5.91 Å². The minimum absolute atomic E-state index is 0.103. The summed E-state index contributed by atoms with van der Waals surface area (Å²) >= 11 is 0. The quantitative estimate of drug-likeness (QED) is 0.742. The highest BCUT2D eigenvalue weighted by Crippen LogP contribution is 2.21. The number of piperidine rings is 1. The zero-order chi connectivity index (χ0) is 11.0. The Morgan fingerprint density at radius 3 is 2.81 bits per heavy atom. The minimum Gasteiger partial charge on any atom is -0.333 e. The zero-order valence-corrected chi connectivity index (χ0v) is 9.22. The molecule has 0 aromatic carbocycles. The Balaban J connectivity index is 1.81. The lowest BCUT2D eigenvalue weighted by Crippen LogP contribution is -2.41. The maximum absolute atomic E-state index is 12.2. The Bertz CT molecular complexity index is 367. The lowest BCUT2D eigenvalue weighted by Gasteiger charge is -2.31. The van der Waals surface area contributed by atoms with Crippen LogP contribution in [0, 0.1) is 0 Å². The summed E-state index contributed by atoms with van der Waals surface area (Å²) in [5, 5.41) is 6.60. The van der Waals surface area contributed by atoms with Crippen molar-refractivity contribution in [1.82, 2.24) is 20.0 Å². The second-order valence-corrected chi connectivity index (χ2v) is 4.54. The fourth-order valence-electron chi connectivity index (χ4n) is 2.68. The van der Waals surface area contributed by atoms with Gasteiger partial charge in [0.15, 0.2) is 0 Å². The first-order valence-electron chi connectivity index (χ1n) is 5.87. The molecule has 0 unspecified atom stereocenters. The van der Waals surface area contributed by atoms with Crippen LogP contribution in [0.4, 0.5) is 0 Å². The number of nitrogens with one attached hydrogen (secondary N) is 1. The van der Waals surface area contributed by atoms with E-state index in [4.69, 9.17) is 0 Å². The van der Waals surface area contributed by atoms with Gasteiger partial charge in [0.25, 0.3) is 5.91 Å². The molecule has 5 nitrogen and oxygen atoms in total. The molecule has 0 radical (unpaired) electrons. The molecule has 0 aliphatic carbocycles. The Morgan fingerprint density at radius 2 is 2.12 bits per heavy atom. The average Bonchev–Trinajstić information content (AvgIpc) is 2.70. The van der Waals surface area contributed by atoms with E-state index in [0.717, 1.165) is 39.0 Å². The molecule has 5 heteroatoms. The van der Waals surface area contributed by atoms with Crippen LogP contribution >= 0.6 is 0 Å². The predicted octanol–water partition coefficient (Wildman–Crippen LogP) is 0.330. The van der Waals surface area contributed by atoms with E-state index >= 15 is 0 Å². The van der Waals surface area contributed by atoms with Crippen LogP contribution in [-0.2, 0) is 0 Å². The Kier molecular flexibility index (Phi) is 2.40. The van der Waals surface area contributed by atoms with Crippen LogP contribution in [0.25, 0.3) is 0 Å². The number of nitrogens with zero attached hydrogens (tertiary/aromatic N) is 3. The molecule has 4 heterocycles. The van der Waals surface area contributed by atoms with Crippen molar-refractivity contribution in [2.24, 2.45) is 0 Å². The first kappa shape index (κ1) is 9.84. The molecule has 0 saturated carbocycles. The Hall–Kier alpha value is -1.36. The predicted molar refractivity (Wildman–Crippen MR) is 59.1 cm³/mol. The van der Waals surface area contributed by atoms with Crippen molar-refractivity contribution in [1.29, 1.82) is 0 Å². The first-order chi connectivity index (χ1) is 7.84. The number of hydrogen-bond donors (Lipinski definition) is 1. The highest BCUT2D eigenvalue weighted by Gasteiger charge is 2.32. The summed E-state index contributed by atoms with van der Waals surface area (Å²) in [6, 6.07) is 2.18. The number of hydrogen-bond acceptors (Lipinski definition) is 3. The number of amides is 1. The lowest BCUT2D eigenvalue weighted by atomic mass is 10.1. The van der Waals surface area contributed by atoms with Gasteiger partial charge in [-0.05, 0) is 18.9 Å². The third-order valence-electron chi connectivity index (χ3n) is 3.65. The van der Waals surface area contributed by atoms with Gasteiger partial charge in [-0.1, -0.05) is 0 Å². The highest BCUT2D eigenvalue weighted by atomic mass is 16.2. The molecular formula is C11H16N4O. The molecule has 3 fully saturated rings. The standard InChI is InChI=1S/C11H16N4O/c16-11(10-1-4-12-13-10)15-8-7-14-5-2-9(15)3-6-14/h1,4,9H,2-3,5-8H2,(H,12,13). The molecule has 1 aromatic heterocycles. The van der Waals surface area contributed by atoms with Crippen molar-refractivity contribution in [3.8, 4) is 0 Å². The lowest BCUT2D eigenvalue weighted by molar-refractivity contribution is 0.0679. The molecule has 4 rings (SSSR count). The van der Waals surface area contributed by atoms with E-state index in [1.807, 2.05) is 4.90 Å². The molecule has 2 bridgehead atoms. The molecule has 3 aliphatic rings.